The van der Waals surface area contributed by atoms with E-state index in [0.29, 0.717) is 28.9 Å². The van der Waals surface area contributed by atoms with Crippen LogP contribution in [0.3, 0.4) is 0 Å². The Hall–Kier alpha value is -1.46. The van der Waals surface area contributed by atoms with Crippen molar-refractivity contribution in [3.05, 3.63) is 28.2 Å². The van der Waals surface area contributed by atoms with Gasteiger partial charge >= 0.3 is 5.97 Å². The fraction of sp³-hybridized carbons (Fsp3) is 0.556. The van der Waals surface area contributed by atoms with E-state index in [-0.39, 0.29) is 30.9 Å². The molecule has 0 spiro atoms. The summed E-state index contributed by atoms with van der Waals surface area (Å²) in [6.07, 6.45) is 4.29. The summed E-state index contributed by atoms with van der Waals surface area (Å²) in [6.45, 7) is 2.33. The van der Waals surface area contributed by atoms with Crippen LogP contribution >= 0.6 is 23.2 Å². The van der Waals surface area contributed by atoms with E-state index in [9.17, 15) is 9.59 Å². The van der Waals surface area contributed by atoms with Gasteiger partial charge in [-0.25, -0.2) is 0 Å². The summed E-state index contributed by atoms with van der Waals surface area (Å²) >= 11 is 11.9. The van der Waals surface area contributed by atoms with Crippen LogP contribution in [0.5, 0.6) is 5.75 Å². The van der Waals surface area contributed by atoms with Crippen LogP contribution in [0.15, 0.2) is 18.2 Å². The van der Waals surface area contributed by atoms with Gasteiger partial charge in [0.2, 0.25) is 0 Å². The fourth-order valence-corrected chi connectivity index (χ4v) is 3.45. The van der Waals surface area contributed by atoms with E-state index in [1.54, 1.807) is 30.0 Å². The molecule has 1 saturated carbocycles. The van der Waals surface area contributed by atoms with Gasteiger partial charge in [0, 0.05) is 17.6 Å². The Morgan fingerprint density at radius 1 is 1.24 bits per heavy atom. The summed E-state index contributed by atoms with van der Waals surface area (Å²) in [5.74, 6) is -0.0293. The van der Waals surface area contributed by atoms with Crippen molar-refractivity contribution in [2.75, 3.05) is 19.8 Å². The lowest BCUT2D eigenvalue weighted by Gasteiger charge is -2.28. The van der Waals surface area contributed by atoms with Crippen LogP contribution in [-0.4, -0.2) is 42.6 Å². The number of nitrogens with zero attached hydrogens (tertiary/aromatic N) is 1. The lowest BCUT2D eigenvalue weighted by Crippen LogP contribution is -2.42. The molecule has 1 aromatic carbocycles. The van der Waals surface area contributed by atoms with E-state index in [2.05, 4.69) is 0 Å². The summed E-state index contributed by atoms with van der Waals surface area (Å²) in [7, 11) is 0. The van der Waals surface area contributed by atoms with Crippen LogP contribution in [0, 0.1) is 0 Å². The van der Waals surface area contributed by atoms with Crippen LogP contribution in [0.1, 0.15) is 39.0 Å². The van der Waals surface area contributed by atoms with Crippen molar-refractivity contribution in [3.63, 3.8) is 0 Å². The van der Waals surface area contributed by atoms with E-state index in [4.69, 9.17) is 32.7 Å². The molecule has 7 heteroatoms. The molecule has 25 heavy (non-hydrogen) atoms. The number of benzene rings is 1. The summed E-state index contributed by atoms with van der Waals surface area (Å²) in [5.41, 5.74) is 0. The number of halogens is 2. The topological polar surface area (TPSA) is 55.8 Å². The maximum atomic E-state index is 12.6. The van der Waals surface area contributed by atoms with Crippen LogP contribution < -0.4 is 4.74 Å². The van der Waals surface area contributed by atoms with Crippen molar-refractivity contribution in [1.82, 2.24) is 4.90 Å². The predicted octanol–water partition coefficient (Wildman–Crippen LogP) is 4.10. The minimum Gasteiger partial charge on any atom is -0.482 e. The molecule has 0 radical (unpaired) electrons. The molecule has 1 aliphatic carbocycles. The first kappa shape index (κ1) is 19.9. The Labute approximate surface area is 158 Å². The van der Waals surface area contributed by atoms with Crippen molar-refractivity contribution >= 4 is 35.1 Å². The summed E-state index contributed by atoms with van der Waals surface area (Å²) in [6, 6.07) is 5.02. The third-order valence-corrected chi connectivity index (χ3v) is 4.72. The number of hydrogen-bond acceptors (Lipinski definition) is 4. The first-order valence-electron chi connectivity index (χ1n) is 8.54. The van der Waals surface area contributed by atoms with Gasteiger partial charge in [0.05, 0.1) is 18.1 Å². The number of rotatable bonds is 8. The normalized spacial score (nSPS) is 14.4. The Balaban J connectivity index is 1.95. The molecule has 0 N–H and O–H groups in total. The van der Waals surface area contributed by atoms with Gasteiger partial charge in [0.25, 0.3) is 5.91 Å². The number of carbonyl (C=O) groups excluding carboxylic acids is 2. The van der Waals surface area contributed by atoms with Crippen molar-refractivity contribution in [1.29, 1.82) is 0 Å². The Bertz CT molecular complexity index is 603. The SMILES string of the molecule is CCOC(=O)CCN(C(=O)COc1ccc(Cl)cc1Cl)C1CCCC1. The third kappa shape index (κ3) is 6.08. The number of hydrogen-bond donors (Lipinski definition) is 0. The van der Waals surface area contributed by atoms with Gasteiger partial charge in [-0.1, -0.05) is 36.0 Å². The Morgan fingerprint density at radius 3 is 2.60 bits per heavy atom. The van der Waals surface area contributed by atoms with E-state index in [1.165, 1.54) is 0 Å². The van der Waals surface area contributed by atoms with Crippen molar-refractivity contribution in [2.24, 2.45) is 0 Å². The van der Waals surface area contributed by atoms with E-state index >= 15 is 0 Å². The van der Waals surface area contributed by atoms with Crippen LogP contribution in [0.25, 0.3) is 0 Å². The number of amides is 1. The van der Waals surface area contributed by atoms with Crippen molar-refractivity contribution < 1.29 is 19.1 Å². The second-order valence-corrected chi connectivity index (χ2v) is 6.79. The maximum Gasteiger partial charge on any atom is 0.307 e. The zero-order valence-electron chi connectivity index (χ0n) is 14.3. The highest BCUT2D eigenvalue weighted by molar-refractivity contribution is 6.35. The Kier molecular flexibility index (Phi) is 7.85. The number of esters is 1. The summed E-state index contributed by atoms with van der Waals surface area (Å²) in [5, 5.41) is 0.866. The highest BCUT2D eigenvalue weighted by Gasteiger charge is 2.27. The quantitative estimate of drug-likeness (QED) is 0.630. The molecule has 0 saturated heterocycles. The molecule has 138 valence electrons. The molecule has 0 aromatic heterocycles. The molecular formula is C18H23Cl2NO4. The van der Waals surface area contributed by atoms with Crippen LogP contribution in [0.4, 0.5) is 0 Å². The minimum absolute atomic E-state index is 0.124. The van der Waals surface area contributed by atoms with Gasteiger partial charge in [0.15, 0.2) is 6.61 Å². The smallest absolute Gasteiger partial charge is 0.307 e. The van der Waals surface area contributed by atoms with E-state index in [0.717, 1.165) is 25.7 Å². The number of ether oxygens (including phenoxy) is 2. The minimum atomic E-state index is -0.292. The molecule has 1 fully saturated rings. The lowest BCUT2D eigenvalue weighted by atomic mass is 10.2. The van der Waals surface area contributed by atoms with Gasteiger partial charge in [-0.15, -0.1) is 0 Å². The molecule has 1 aliphatic rings. The molecule has 0 unspecified atom stereocenters. The molecule has 0 atom stereocenters. The first-order valence-corrected chi connectivity index (χ1v) is 9.29. The highest BCUT2D eigenvalue weighted by Crippen LogP contribution is 2.28. The average molecular weight is 388 g/mol. The summed E-state index contributed by atoms with van der Waals surface area (Å²) in [4.78, 5) is 26.0. The van der Waals surface area contributed by atoms with Crippen LogP contribution in [-0.2, 0) is 14.3 Å². The van der Waals surface area contributed by atoms with Gasteiger partial charge in [0.1, 0.15) is 5.75 Å². The Morgan fingerprint density at radius 2 is 1.96 bits per heavy atom. The van der Waals surface area contributed by atoms with E-state index < -0.39 is 0 Å². The molecule has 5 nitrogen and oxygen atoms in total. The third-order valence-electron chi connectivity index (χ3n) is 4.19. The zero-order chi connectivity index (χ0) is 18.2. The largest absolute Gasteiger partial charge is 0.482 e. The molecule has 1 amide bonds. The second kappa shape index (κ2) is 9.88. The molecule has 0 heterocycles. The van der Waals surface area contributed by atoms with Crippen molar-refractivity contribution in [2.45, 2.75) is 45.1 Å². The van der Waals surface area contributed by atoms with Gasteiger partial charge < -0.3 is 14.4 Å². The maximum absolute atomic E-state index is 12.6. The fourth-order valence-electron chi connectivity index (χ4n) is 2.99. The molecule has 1 aromatic rings. The number of carbonyl (C=O) groups is 2. The zero-order valence-corrected chi connectivity index (χ0v) is 15.8. The molecule has 0 aliphatic heterocycles. The van der Waals surface area contributed by atoms with Gasteiger partial charge in [-0.2, -0.15) is 0 Å². The van der Waals surface area contributed by atoms with E-state index in [1.807, 2.05) is 0 Å². The monoisotopic (exact) mass is 387 g/mol. The standard InChI is InChI=1S/C18H23Cl2NO4/c1-2-24-18(23)9-10-21(14-5-3-4-6-14)17(22)12-25-16-8-7-13(19)11-15(16)20/h7-8,11,14H,2-6,9-10,12H2,1H3. The van der Waals surface area contributed by atoms with Crippen molar-refractivity contribution in [3.8, 4) is 5.75 Å². The van der Waals surface area contributed by atoms with Gasteiger partial charge in [-0.3, -0.25) is 9.59 Å². The van der Waals surface area contributed by atoms with Gasteiger partial charge in [-0.05, 0) is 38.0 Å². The molecule has 2 rings (SSSR count). The molecule has 0 bridgehead atoms. The first-order chi connectivity index (χ1) is 12.0. The summed E-state index contributed by atoms with van der Waals surface area (Å²) < 4.78 is 10.5. The average Bonchev–Trinajstić information content (AvgIpc) is 3.08. The highest BCUT2D eigenvalue weighted by atomic mass is 35.5. The predicted molar refractivity (Wildman–Crippen MR) is 97.2 cm³/mol. The second-order valence-electron chi connectivity index (χ2n) is 5.94. The molecular weight excluding hydrogens is 365 g/mol. The lowest BCUT2D eigenvalue weighted by molar-refractivity contribution is -0.144. The van der Waals surface area contributed by atoms with Crippen LogP contribution in [0.2, 0.25) is 10.0 Å².